The predicted molar refractivity (Wildman–Crippen MR) is 89.6 cm³/mol. The van der Waals surface area contributed by atoms with Crippen molar-refractivity contribution in [2.24, 2.45) is 0 Å². The van der Waals surface area contributed by atoms with Gasteiger partial charge in [-0.15, -0.1) is 11.3 Å². The zero-order valence-corrected chi connectivity index (χ0v) is 14.4. The molecule has 2 N–H and O–H groups in total. The molecule has 6 heteroatoms. The Morgan fingerprint density at radius 2 is 1.91 bits per heavy atom. The van der Waals surface area contributed by atoms with Crippen LogP contribution in [0.25, 0.3) is 0 Å². The third-order valence-electron chi connectivity index (χ3n) is 3.56. The maximum atomic E-state index is 12.6. The van der Waals surface area contributed by atoms with E-state index in [1.807, 2.05) is 44.2 Å². The molecule has 0 spiro atoms. The number of hydrogen-bond donors (Lipinski definition) is 2. The molecule has 0 bridgehead atoms. The molecule has 4 nitrogen and oxygen atoms in total. The molecule has 1 aromatic heterocycles. The Bertz CT molecular complexity index is 689. The number of aliphatic hydroxyl groups excluding tert-OH is 1. The van der Waals surface area contributed by atoms with Crippen molar-refractivity contribution >= 4 is 21.4 Å². The Morgan fingerprint density at radius 1 is 1.23 bits per heavy atom. The van der Waals surface area contributed by atoms with Gasteiger partial charge in [-0.05, 0) is 43.9 Å². The van der Waals surface area contributed by atoms with Gasteiger partial charge in [0.1, 0.15) is 4.21 Å². The van der Waals surface area contributed by atoms with Crippen LogP contribution < -0.4 is 4.72 Å². The van der Waals surface area contributed by atoms with Crippen LogP contribution in [0.5, 0.6) is 0 Å². The summed E-state index contributed by atoms with van der Waals surface area (Å²) in [7, 11) is -3.55. The topological polar surface area (TPSA) is 66.4 Å². The number of sulfonamides is 1. The van der Waals surface area contributed by atoms with Gasteiger partial charge in [0, 0.05) is 17.5 Å². The number of aliphatic hydroxyl groups is 1. The Morgan fingerprint density at radius 3 is 2.45 bits per heavy atom. The third kappa shape index (κ3) is 4.16. The van der Waals surface area contributed by atoms with Crippen molar-refractivity contribution in [1.29, 1.82) is 0 Å². The van der Waals surface area contributed by atoms with Gasteiger partial charge in [-0.1, -0.05) is 30.3 Å². The van der Waals surface area contributed by atoms with E-state index in [2.05, 4.69) is 4.72 Å². The molecule has 0 radical (unpaired) electrons. The number of benzene rings is 1. The summed E-state index contributed by atoms with van der Waals surface area (Å²) in [5.74, 6) is 0. The monoisotopic (exact) mass is 339 g/mol. The highest BCUT2D eigenvalue weighted by molar-refractivity contribution is 7.91. The van der Waals surface area contributed by atoms with E-state index >= 15 is 0 Å². The van der Waals surface area contributed by atoms with Gasteiger partial charge in [0.05, 0.1) is 0 Å². The second kappa shape index (κ2) is 7.37. The van der Waals surface area contributed by atoms with E-state index in [1.165, 1.54) is 11.3 Å². The highest BCUT2D eigenvalue weighted by Crippen LogP contribution is 2.27. The Kier molecular flexibility index (Phi) is 5.74. The van der Waals surface area contributed by atoms with Gasteiger partial charge < -0.3 is 5.11 Å². The molecule has 1 atom stereocenters. The van der Waals surface area contributed by atoms with Crippen molar-refractivity contribution in [2.45, 2.75) is 36.9 Å². The highest BCUT2D eigenvalue weighted by Gasteiger charge is 2.23. The Balaban J connectivity index is 2.25. The first-order valence-corrected chi connectivity index (χ1v) is 9.49. The van der Waals surface area contributed by atoms with Crippen LogP contribution in [0.2, 0.25) is 0 Å². The van der Waals surface area contributed by atoms with Crippen LogP contribution in [0.4, 0.5) is 0 Å². The van der Waals surface area contributed by atoms with Crippen LogP contribution in [0.3, 0.4) is 0 Å². The molecule has 0 saturated carbocycles. The first kappa shape index (κ1) is 17.1. The second-order valence-electron chi connectivity index (χ2n) is 5.26. The van der Waals surface area contributed by atoms with Crippen molar-refractivity contribution in [2.75, 3.05) is 6.61 Å². The summed E-state index contributed by atoms with van der Waals surface area (Å²) >= 11 is 1.28. The quantitative estimate of drug-likeness (QED) is 0.814. The molecule has 2 rings (SSSR count). The van der Waals surface area contributed by atoms with Crippen LogP contribution in [-0.4, -0.2) is 20.1 Å². The lowest BCUT2D eigenvalue weighted by Crippen LogP contribution is -2.28. The maximum Gasteiger partial charge on any atom is 0.250 e. The summed E-state index contributed by atoms with van der Waals surface area (Å²) in [6.07, 6.45) is 1.10. The standard InChI is InChI=1S/C16H21NO3S2/c1-12-11-16(21-13(12)2)22(19,20)17-15(9-6-10-18)14-7-4-3-5-8-14/h3-5,7-8,11,15,17-18H,6,9-10H2,1-2H3. The fourth-order valence-corrected chi connectivity index (χ4v) is 4.98. The predicted octanol–water partition coefficient (Wildman–Crippen LogP) is 3.16. The Hall–Kier alpha value is -1.21. The van der Waals surface area contributed by atoms with E-state index in [-0.39, 0.29) is 12.6 Å². The molecular weight excluding hydrogens is 318 g/mol. The summed E-state index contributed by atoms with van der Waals surface area (Å²) in [5.41, 5.74) is 1.89. The zero-order chi connectivity index (χ0) is 16.2. The second-order valence-corrected chi connectivity index (χ2v) is 8.45. The average molecular weight is 339 g/mol. The van der Waals surface area contributed by atoms with Gasteiger partial charge in [-0.2, -0.15) is 0 Å². The molecule has 0 aliphatic carbocycles. The molecule has 0 amide bonds. The van der Waals surface area contributed by atoms with E-state index in [0.29, 0.717) is 17.1 Å². The molecule has 22 heavy (non-hydrogen) atoms. The van der Waals surface area contributed by atoms with Gasteiger partial charge in [0.15, 0.2) is 0 Å². The minimum absolute atomic E-state index is 0.0439. The molecular formula is C16H21NO3S2. The summed E-state index contributed by atoms with van der Waals surface area (Å²) in [6, 6.07) is 10.8. The fourth-order valence-electron chi connectivity index (χ4n) is 2.19. The summed E-state index contributed by atoms with van der Waals surface area (Å²) in [6.45, 7) is 3.87. The van der Waals surface area contributed by atoms with Crippen molar-refractivity contribution in [3.05, 3.63) is 52.4 Å². The van der Waals surface area contributed by atoms with Crippen molar-refractivity contribution in [3.8, 4) is 0 Å². The molecule has 120 valence electrons. The number of hydrogen-bond acceptors (Lipinski definition) is 4. The third-order valence-corrected chi connectivity index (χ3v) is 6.66. The minimum Gasteiger partial charge on any atom is -0.396 e. The first-order chi connectivity index (χ1) is 10.4. The van der Waals surface area contributed by atoms with Crippen molar-refractivity contribution in [3.63, 3.8) is 0 Å². The number of thiophene rings is 1. The lowest BCUT2D eigenvalue weighted by Gasteiger charge is -2.18. The Labute approximate surface area is 135 Å². The van der Waals surface area contributed by atoms with Crippen LogP contribution in [0.15, 0.2) is 40.6 Å². The SMILES string of the molecule is Cc1cc(S(=O)(=O)NC(CCCO)c2ccccc2)sc1C. The largest absolute Gasteiger partial charge is 0.396 e. The van der Waals surface area contributed by atoms with Gasteiger partial charge >= 0.3 is 0 Å². The van der Waals surface area contributed by atoms with E-state index < -0.39 is 10.0 Å². The zero-order valence-electron chi connectivity index (χ0n) is 12.7. The van der Waals surface area contributed by atoms with Crippen LogP contribution in [-0.2, 0) is 10.0 Å². The maximum absolute atomic E-state index is 12.6. The van der Waals surface area contributed by atoms with Gasteiger partial charge in [-0.3, -0.25) is 0 Å². The van der Waals surface area contributed by atoms with E-state index in [1.54, 1.807) is 6.07 Å². The van der Waals surface area contributed by atoms with Crippen molar-refractivity contribution < 1.29 is 13.5 Å². The van der Waals surface area contributed by atoms with Gasteiger partial charge in [0.25, 0.3) is 10.0 Å². The summed E-state index contributed by atoms with van der Waals surface area (Å²) < 4.78 is 28.3. The van der Waals surface area contributed by atoms with Crippen LogP contribution in [0, 0.1) is 13.8 Å². The normalized spacial score (nSPS) is 13.2. The number of aryl methyl sites for hydroxylation is 2. The van der Waals surface area contributed by atoms with E-state index in [4.69, 9.17) is 5.11 Å². The smallest absolute Gasteiger partial charge is 0.250 e. The molecule has 0 saturated heterocycles. The fraction of sp³-hybridized carbons (Fsp3) is 0.375. The molecule has 2 aromatic rings. The van der Waals surface area contributed by atoms with E-state index in [9.17, 15) is 8.42 Å². The van der Waals surface area contributed by atoms with Gasteiger partial charge in [0.2, 0.25) is 0 Å². The lowest BCUT2D eigenvalue weighted by molar-refractivity contribution is 0.278. The summed E-state index contributed by atoms with van der Waals surface area (Å²) in [4.78, 5) is 1.01. The van der Waals surface area contributed by atoms with Crippen LogP contribution in [0.1, 0.15) is 34.9 Å². The number of rotatable bonds is 7. The van der Waals surface area contributed by atoms with Crippen molar-refractivity contribution in [1.82, 2.24) is 4.72 Å². The molecule has 1 aromatic carbocycles. The minimum atomic E-state index is -3.55. The number of nitrogens with one attached hydrogen (secondary N) is 1. The molecule has 0 aliphatic heterocycles. The molecule has 1 heterocycles. The summed E-state index contributed by atoms with van der Waals surface area (Å²) in [5, 5.41) is 9.04. The van der Waals surface area contributed by atoms with Crippen LogP contribution >= 0.6 is 11.3 Å². The van der Waals surface area contributed by atoms with E-state index in [0.717, 1.165) is 16.0 Å². The van der Waals surface area contributed by atoms with Gasteiger partial charge in [-0.25, -0.2) is 13.1 Å². The average Bonchev–Trinajstić information content (AvgIpc) is 2.85. The molecule has 1 unspecified atom stereocenters. The lowest BCUT2D eigenvalue weighted by atomic mass is 10.0. The molecule has 0 fully saturated rings. The first-order valence-electron chi connectivity index (χ1n) is 7.19. The highest BCUT2D eigenvalue weighted by atomic mass is 32.2. The molecule has 0 aliphatic rings.